The molecule has 6 rings (SSSR count). The number of carbonyl (C=O) groups is 3. The normalized spacial score (nSPS) is 30.4. The van der Waals surface area contributed by atoms with Gasteiger partial charge in [-0.3, -0.25) is 14.4 Å². The molecule has 0 aliphatic heterocycles. The molecular formula is C34H41FN2O5. The van der Waals surface area contributed by atoms with E-state index in [1.54, 1.807) is 17.2 Å². The molecule has 42 heavy (non-hydrogen) atoms. The lowest BCUT2D eigenvalue weighted by Gasteiger charge is -2.66. The second-order valence-electron chi connectivity index (χ2n) is 13.2. The summed E-state index contributed by atoms with van der Waals surface area (Å²) in [5.74, 6) is -1.61. The lowest BCUT2D eigenvalue weighted by atomic mass is 9.37. The number of nitrogens with zero attached hydrogens (tertiary/aromatic N) is 1. The average molecular weight is 577 g/mol. The summed E-state index contributed by atoms with van der Waals surface area (Å²) in [6.07, 6.45) is 9.27. The third-order valence-electron chi connectivity index (χ3n) is 11.0. The zero-order valence-electron chi connectivity index (χ0n) is 25.2. The first kappa shape index (κ1) is 29.0. The molecule has 1 aromatic rings. The second kappa shape index (κ2) is 10.6. The highest BCUT2D eigenvalue weighted by Crippen LogP contribution is 2.71. The number of phenols is 1. The molecule has 5 unspecified atom stereocenters. The number of halogens is 1. The van der Waals surface area contributed by atoms with Crippen LogP contribution in [-0.2, 0) is 20.8 Å². The van der Waals surface area contributed by atoms with E-state index in [9.17, 15) is 19.5 Å². The Kier molecular flexibility index (Phi) is 7.29. The van der Waals surface area contributed by atoms with Gasteiger partial charge in [0.15, 0.2) is 17.3 Å². The lowest BCUT2D eigenvalue weighted by Crippen LogP contribution is -2.60. The van der Waals surface area contributed by atoms with Gasteiger partial charge in [-0.1, -0.05) is 43.9 Å². The molecular weight excluding hydrogens is 535 g/mol. The van der Waals surface area contributed by atoms with E-state index < -0.39 is 11.7 Å². The highest BCUT2D eigenvalue weighted by Gasteiger charge is 2.65. The SMILES string of the molecule is C/C=C\C(=O)C1=C(C)CC2CC3Cc4c(F)cc(NC(=O)CN(OC)C5CCCC5)c(O)c4C(=O)C3=C3C(C)C1C32C. The number of amides is 1. The van der Waals surface area contributed by atoms with E-state index in [2.05, 4.69) is 26.1 Å². The van der Waals surface area contributed by atoms with E-state index in [0.717, 1.165) is 61.3 Å². The van der Waals surface area contributed by atoms with Crippen LogP contribution in [0.5, 0.6) is 5.75 Å². The van der Waals surface area contributed by atoms with Crippen LogP contribution < -0.4 is 5.32 Å². The summed E-state index contributed by atoms with van der Waals surface area (Å²) >= 11 is 0. The Morgan fingerprint density at radius 1 is 1.26 bits per heavy atom. The van der Waals surface area contributed by atoms with Crippen LogP contribution in [0.4, 0.5) is 10.1 Å². The van der Waals surface area contributed by atoms with Crippen molar-refractivity contribution in [1.82, 2.24) is 5.06 Å². The molecule has 0 saturated heterocycles. The van der Waals surface area contributed by atoms with Crippen LogP contribution in [0.15, 0.2) is 40.5 Å². The monoisotopic (exact) mass is 576 g/mol. The molecule has 0 bridgehead atoms. The number of fused-ring (bicyclic) bond motifs is 2. The fourth-order valence-corrected chi connectivity index (χ4v) is 9.34. The van der Waals surface area contributed by atoms with E-state index in [0.29, 0.717) is 12.0 Å². The molecule has 0 radical (unpaired) electrons. The van der Waals surface area contributed by atoms with Gasteiger partial charge in [0.25, 0.3) is 0 Å². The number of Topliss-reactive ketones (excluding diaryl/α,β-unsaturated/α-hetero) is 1. The maximum Gasteiger partial charge on any atom is 0.241 e. The number of benzene rings is 1. The van der Waals surface area contributed by atoms with Crippen molar-refractivity contribution in [2.75, 3.05) is 19.0 Å². The van der Waals surface area contributed by atoms with Gasteiger partial charge in [-0.2, -0.15) is 5.06 Å². The second-order valence-corrected chi connectivity index (χ2v) is 13.2. The van der Waals surface area contributed by atoms with Crippen molar-refractivity contribution in [3.05, 3.63) is 57.5 Å². The first-order valence-corrected chi connectivity index (χ1v) is 15.3. The number of allylic oxidation sites excluding steroid dienone is 6. The van der Waals surface area contributed by atoms with Crippen molar-refractivity contribution < 1.29 is 28.7 Å². The Hall–Kier alpha value is -3.10. The Morgan fingerprint density at radius 2 is 1.98 bits per heavy atom. The van der Waals surface area contributed by atoms with E-state index in [-0.39, 0.29) is 75.8 Å². The molecule has 1 amide bonds. The van der Waals surface area contributed by atoms with Crippen molar-refractivity contribution >= 4 is 23.2 Å². The number of phenolic OH excluding ortho intramolecular Hbond substituents is 1. The summed E-state index contributed by atoms with van der Waals surface area (Å²) in [7, 11) is 1.52. The molecule has 1 aromatic carbocycles. The molecule has 5 atom stereocenters. The average Bonchev–Trinajstić information content (AvgIpc) is 3.48. The zero-order chi connectivity index (χ0) is 30.1. The molecule has 0 heterocycles. The number of anilines is 1. The first-order chi connectivity index (χ1) is 20.0. The fraction of sp³-hybridized carbons (Fsp3) is 0.559. The van der Waals surface area contributed by atoms with Crippen molar-refractivity contribution in [3.8, 4) is 5.75 Å². The number of hydrogen-bond acceptors (Lipinski definition) is 6. The Bertz CT molecular complexity index is 1470. The highest BCUT2D eigenvalue weighted by molar-refractivity contribution is 6.15. The van der Waals surface area contributed by atoms with Crippen LogP contribution in [0.25, 0.3) is 0 Å². The van der Waals surface area contributed by atoms with E-state index in [1.165, 1.54) is 7.11 Å². The highest BCUT2D eigenvalue weighted by atomic mass is 19.1. The van der Waals surface area contributed by atoms with Gasteiger partial charge in [-0.05, 0) is 69.8 Å². The van der Waals surface area contributed by atoms with E-state index >= 15 is 4.39 Å². The molecule has 2 fully saturated rings. The third-order valence-corrected chi connectivity index (χ3v) is 11.0. The minimum atomic E-state index is -0.596. The van der Waals surface area contributed by atoms with E-state index in [4.69, 9.17) is 4.84 Å². The van der Waals surface area contributed by atoms with Crippen molar-refractivity contribution in [2.24, 2.45) is 29.1 Å². The van der Waals surface area contributed by atoms with E-state index in [1.807, 2.05) is 6.92 Å². The number of hydrogen-bond donors (Lipinski definition) is 2. The zero-order valence-corrected chi connectivity index (χ0v) is 25.2. The maximum absolute atomic E-state index is 15.6. The summed E-state index contributed by atoms with van der Waals surface area (Å²) in [5.41, 5.74) is 3.46. The number of carbonyl (C=O) groups excluding carboxylic acids is 3. The van der Waals surface area contributed by atoms with Gasteiger partial charge < -0.3 is 15.3 Å². The summed E-state index contributed by atoms with van der Waals surface area (Å²) < 4.78 is 15.6. The summed E-state index contributed by atoms with van der Waals surface area (Å²) in [6, 6.07) is 1.27. The smallest absolute Gasteiger partial charge is 0.241 e. The number of nitrogens with one attached hydrogen (secondary N) is 1. The molecule has 2 saturated carbocycles. The van der Waals surface area contributed by atoms with Gasteiger partial charge in [-0.25, -0.2) is 4.39 Å². The third kappa shape index (κ3) is 4.16. The summed E-state index contributed by atoms with van der Waals surface area (Å²) in [5, 5.41) is 15.6. The number of hydroxylamine groups is 2. The van der Waals surface area contributed by atoms with Crippen molar-refractivity contribution in [1.29, 1.82) is 0 Å². The number of rotatable bonds is 7. The Morgan fingerprint density at radius 3 is 2.64 bits per heavy atom. The fourth-order valence-electron chi connectivity index (χ4n) is 9.34. The molecule has 224 valence electrons. The van der Waals surface area contributed by atoms with Gasteiger partial charge in [0.05, 0.1) is 18.4 Å². The molecule has 7 nitrogen and oxygen atoms in total. The van der Waals surface area contributed by atoms with Crippen molar-refractivity contribution in [3.63, 3.8) is 0 Å². The van der Waals surface area contributed by atoms with Gasteiger partial charge in [0.2, 0.25) is 5.91 Å². The van der Waals surface area contributed by atoms with Crippen LogP contribution in [0.2, 0.25) is 0 Å². The minimum Gasteiger partial charge on any atom is -0.505 e. The van der Waals surface area contributed by atoms with Crippen molar-refractivity contribution in [2.45, 2.75) is 78.7 Å². The van der Waals surface area contributed by atoms with Gasteiger partial charge in [0, 0.05) is 40.2 Å². The Balaban J connectivity index is 1.34. The predicted molar refractivity (Wildman–Crippen MR) is 157 cm³/mol. The molecule has 5 aliphatic carbocycles. The molecule has 0 aromatic heterocycles. The largest absolute Gasteiger partial charge is 0.505 e. The summed E-state index contributed by atoms with van der Waals surface area (Å²) in [4.78, 5) is 45.7. The van der Waals surface area contributed by atoms with Gasteiger partial charge >= 0.3 is 0 Å². The predicted octanol–water partition coefficient (Wildman–Crippen LogP) is 6.08. The molecule has 2 N–H and O–H groups in total. The molecule has 8 heteroatoms. The minimum absolute atomic E-state index is 0.00857. The van der Waals surface area contributed by atoms with Crippen LogP contribution in [0.1, 0.15) is 82.1 Å². The summed E-state index contributed by atoms with van der Waals surface area (Å²) in [6.45, 7) is 8.09. The van der Waals surface area contributed by atoms with Crippen LogP contribution in [0, 0.1) is 34.9 Å². The first-order valence-electron chi connectivity index (χ1n) is 15.3. The number of ketones is 2. The van der Waals surface area contributed by atoms with Crippen LogP contribution >= 0.6 is 0 Å². The Labute approximate surface area is 246 Å². The molecule has 5 aliphatic rings. The lowest BCUT2D eigenvalue weighted by molar-refractivity contribution is -0.166. The molecule has 0 spiro atoms. The van der Waals surface area contributed by atoms with Gasteiger partial charge in [-0.15, -0.1) is 0 Å². The van der Waals surface area contributed by atoms with Gasteiger partial charge in [0.1, 0.15) is 12.4 Å². The topological polar surface area (TPSA) is 95.9 Å². The standard InChI is InChI=1S/C34H41FN2O5/c1-6-9-25(38)27-17(2)12-20-13-19-14-22-23(35)15-24(36-26(39)16-37(42-5)21-10-7-8-11-21)32(40)29(22)33(41)28(19)31-18(3)30(27)34(20,31)4/h6,9,15,18-21,30,40H,7-8,10-14,16H2,1-5H3,(H,36,39)/b9-6-. The number of aromatic hydroxyl groups is 1. The quantitative estimate of drug-likeness (QED) is 0.232. The van der Waals surface area contributed by atoms with Crippen LogP contribution in [-0.4, -0.2) is 47.3 Å². The maximum atomic E-state index is 15.6. The van der Waals surface area contributed by atoms with Crippen LogP contribution in [0.3, 0.4) is 0 Å².